The maximum atomic E-state index is 11.1. The summed E-state index contributed by atoms with van der Waals surface area (Å²) in [7, 11) is 0. The van der Waals surface area contributed by atoms with Gasteiger partial charge in [-0.1, -0.05) is 20.4 Å². The maximum Gasteiger partial charge on any atom is 0.246 e. The molecule has 1 N–H and O–H groups in total. The van der Waals surface area contributed by atoms with Gasteiger partial charge in [-0.25, -0.2) is 0 Å². The second kappa shape index (κ2) is 9.99. The van der Waals surface area contributed by atoms with Crippen LogP contribution in [0.2, 0.25) is 0 Å². The molecule has 1 amide bonds. The molecule has 0 bridgehead atoms. The third-order valence-electron chi connectivity index (χ3n) is 2.22. The topological polar surface area (TPSA) is 32.3 Å². The zero-order chi connectivity index (χ0) is 11.0. The normalized spacial score (nSPS) is 9.60. The lowest BCUT2D eigenvalue weighted by Crippen LogP contribution is -2.30. The third kappa shape index (κ3) is 8.45. The Morgan fingerprint density at radius 1 is 1.33 bits per heavy atom. The van der Waals surface area contributed by atoms with E-state index in [9.17, 15) is 4.79 Å². The molecule has 0 aromatic rings. The van der Waals surface area contributed by atoms with Crippen molar-refractivity contribution < 1.29 is 4.79 Å². The highest BCUT2D eigenvalue weighted by Gasteiger charge is 2.01. The van der Waals surface area contributed by atoms with Crippen molar-refractivity contribution in [2.75, 3.05) is 26.2 Å². The van der Waals surface area contributed by atoms with Crippen molar-refractivity contribution in [2.24, 2.45) is 0 Å². The molecule has 0 aromatic carbocycles. The molecule has 0 fully saturated rings. The van der Waals surface area contributed by atoms with E-state index >= 15 is 0 Å². The van der Waals surface area contributed by atoms with Gasteiger partial charge in [-0.2, -0.15) is 0 Å². The van der Waals surface area contributed by atoms with Crippen molar-refractivity contribution in [1.29, 1.82) is 0 Å². The van der Waals surface area contributed by atoms with Crippen molar-refractivity contribution in [3.05, 3.63) is 12.2 Å². The number of carbonyl (C=O) groups is 1. The SMILES string of the molecule is C=C(C)C(=O)NCCCN(CC)CC.Cl. The third-order valence-corrected chi connectivity index (χ3v) is 2.22. The van der Waals surface area contributed by atoms with Crippen LogP contribution < -0.4 is 5.32 Å². The van der Waals surface area contributed by atoms with E-state index in [0.29, 0.717) is 5.57 Å². The Morgan fingerprint density at radius 2 is 1.87 bits per heavy atom. The summed E-state index contributed by atoms with van der Waals surface area (Å²) in [5.41, 5.74) is 0.577. The molecule has 0 aliphatic heterocycles. The van der Waals surface area contributed by atoms with Crippen LogP contribution in [0, 0.1) is 0 Å². The molecule has 0 radical (unpaired) electrons. The second-order valence-corrected chi connectivity index (χ2v) is 3.42. The molecular weight excluding hydrogens is 212 g/mol. The molecule has 0 heterocycles. The Kier molecular flexibility index (Phi) is 11.2. The number of halogens is 1. The largest absolute Gasteiger partial charge is 0.352 e. The van der Waals surface area contributed by atoms with E-state index in [1.807, 2.05) is 0 Å². The molecule has 0 rings (SSSR count). The van der Waals surface area contributed by atoms with Gasteiger partial charge in [-0.15, -0.1) is 12.4 Å². The van der Waals surface area contributed by atoms with E-state index in [2.05, 4.69) is 30.6 Å². The number of rotatable bonds is 7. The molecular formula is C11H23ClN2O. The van der Waals surface area contributed by atoms with E-state index in [1.54, 1.807) is 6.92 Å². The molecule has 3 nitrogen and oxygen atoms in total. The van der Waals surface area contributed by atoms with Gasteiger partial charge >= 0.3 is 0 Å². The van der Waals surface area contributed by atoms with E-state index in [4.69, 9.17) is 0 Å². The number of hydrogen-bond donors (Lipinski definition) is 1. The zero-order valence-electron chi connectivity index (χ0n) is 10.0. The highest BCUT2D eigenvalue weighted by Crippen LogP contribution is 1.90. The Labute approximate surface area is 99.3 Å². The molecule has 15 heavy (non-hydrogen) atoms. The van der Waals surface area contributed by atoms with E-state index in [1.165, 1.54) is 0 Å². The van der Waals surface area contributed by atoms with Gasteiger partial charge in [0.05, 0.1) is 0 Å². The van der Waals surface area contributed by atoms with Crippen molar-refractivity contribution in [3.8, 4) is 0 Å². The van der Waals surface area contributed by atoms with Crippen LogP contribution in [0.1, 0.15) is 27.2 Å². The summed E-state index contributed by atoms with van der Waals surface area (Å²) in [4.78, 5) is 13.4. The van der Waals surface area contributed by atoms with Crippen LogP contribution in [-0.4, -0.2) is 37.0 Å². The first-order chi connectivity index (χ1) is 6.61. The number of hydrogen-bond acceptors (Lipinski definition) is 2. The Balaban J connectivity index is 0. The highest BCUT2D eigenvalue weighted by atomic mass is 35.5. The Hall–Kier alpha value is -0.540. The summed E-state index contributed by atoms with van der Waals surface area (Å²) >= 11 is 0. The van der Waals surface area contributed by atoms with Crippen LogP contribution in [0.15, 0.2) is 12.2 Å². The van der Waals surface area contributed by atoms with E-state index in [-0.39, 0.29) is 18.3 Å². The molecule has 0 saturated carbocycles. The molecule has 0 atom stereocenters. The standard InChI is InChI=1S/C11H22N2O.ClH/c1-5-13(6-2)9-7-8-12-11(14)10(3)4;/h3,5-9H2,1-2,4H3,(H,12,14);1H. The number of carbonyl (C=O) groups excluding carboxylic acids is 1. The molecule has 0 aromatic heterocycles. The Bertz CT molecular complexity index is 191. The first-order valence-corrected chi connectivity index (χ1v) is 5.27. The number of nitrogens with zero attached hydrogens (tertiary/aromatic N) is 1. The summed E-state index contributed by atoms with van der Waals surface area (Å²) in [6.45, 7) is 13.5. The van der Waals surface area contributed by atoms with Gasteiger partial charge in [0.15, 0.2) is 0 Å². The molecule has 0 aliphatic rings. The molecule has 0 unspecified atom stereocenters. The molecule has 90 valence electrons. The van der Waals surface area contributed by atoms with Gasteiger partial charge in [0.1, 0.15) is 0 Å². The number of nitrogens with one attached hydrogen (secondary N) is 1. The Morgan fingerprint density at radius 3 is 2.27 bits per heavy atom. The summed E-state index contributed by atoms with van der Waals surface area (Å²) in [5.74, 6) is -0.0375. The lowest BCUT2D eigenvalue weighted by atomic mass is 10.3. The van der Waals surface area contributed by atoms with Crippen LogP contribution in [0.4, 0.5) is 0 Å². The first-order valence-electron chi connectivity index (χ1n) is 5.27. The molecule has 0 spiro atoms. The minimum absolute atomic E-state index is 0. The maximum absolute atomic E-state index is 11.1. The second-order valence-electron chi connectivity index (χ2n) is 3.42. The summed E-state index contributed by atoms with van der Waals surface area (Å²) < 4.78 is 0. The van der Waals surface area contributed by atoms with Gasteiger partial charge < -0.3 is 10.2 Å². The summed E-state index contributed by atoms with van der Waals surface area (Å²) in [6, 6.07) is 0. The summed E-state index contributed by atoms with van der Waals surface area (Å²) in [5, 5.41) is 2.82. The molecule has 4 heteroatoms. The quantitative estimate of drug-likeness (QED) is 0.539. The lowest BCUT2D eigenvalue weighted by molar-refractivity contribution is -0.117. The van der Waals surface area contributed by atoms with E-state index in [0.717, 1.165) is 32.6 Å². The van der Waals surface area contributed by atoms with Crippen molar-refractivity contribution in [1.82, 2.24) is 10.2 Å². The van der Waals surface area contributed by atoms with Crippen LogP contribution in [0.25, 0.3) is 0 Å². The summed E-state index contributed by atoms with van der Waals surface area (Å²) in [6.07, 6.45) is 1.00. The lowest BCUT2D eigenvalue weighted by Gasteiger charge is -2.17. The average molecular weight is 235 g/mol. The van der Waals surface area contributed by atoms with E-state index < -0.39 is 0 Å². The first kappa shape index (κ1) is 16.9. The van der Waals surface area contributed by atoms with Gasteiger partial charge in [0.25, 0.3) is 0 Å². The van der Waals surface area contributed by atoms with Crippen LogP contribution >= 0.6 is 12.4 Å². The fourth-order valence-corrected chi connectivity index (χ4v) is 1.20. The van der Waals surface area contributed by atoms with Gasteiger partial charge in [0, 0.05) is 12.1 Å². The minimum Gasteiger partial charge on any atom is -0.352 e. The fraction of sp³-hybridized carbons (Fsp3) is 0.727. The highest BCUT2D eigenvalue weighted by molar-refractivity contribution is 5.91. The van der Waals surface area contributed by atoms with Crippen molar-refractivity contribution >= 4 is 18.3 Å². The van der Waals surface area contributed by atoms with Gasteiger partial charge in [0.2, 0.25) is 5.91 Å². The van der Waals surface area contributed by atoms with Crippen LogP contribution in [0.5, 0.6) is 0 Å². The van der Waals surface area contributed by atoms with Crippen molar-refractivity contribution in [2.45, 2.75) is 27.2 Å². The predicted octanol–water partition coefficient (Wildman–Crippen LogP) is 1.83. The smallest absolute Gasteiger partial charge is 0.246 e. The number of amides is 1. The van der Waals surface area contributed by atoms with Crippen LogP contribution in [0.3, 0.4) is 0 Å². The predicted molar refractivity (Wildman–Crippen MR) is 67.5 cm³/mol. The van der Waals surface area contributed by atoms with Crippen LogP contribution in [-0.2, 0) is 4.79 Å². The fourth-order valence-electron chi connectivity index (χ4n) is 1.20. The minimum atomic E-state index is -0.0375. The zero-order valence-corrected chi connectivity index (χ0v) is 10.8. The average Bonchev–Trinajstić information content (AvgIpc) is 2.17. The van der Waals surface area contributed by atoms with Crippen molar-refractivity contribution in [3.63, 3.8) is 0 Å². The molecule has 0 saturated heterocycles. The van der Waals surface area contributed by atoms with Gasteiger partial charge in [-0.3, -0.25) is 4.79 Å². The monoisotopic (exact) mass is 234 g/mol. The molecule has 0 aliphatic carbocycles. The van der Waals surface area contributed by atoms with Gasteiger partial charge in [-0.05, 0) is 33.0 Å².